The Balaban J connectivity index is 1.85. The zero-order valence-corrected chi connectivity index (χ0v) is 13.1. The molecule has 4 nitrogen and oxygen atoms in total. The highest BCUT2D eigenvalue weighted by molar-refractivity contribution is 5.46. The van der Waals surface area contributed by atoms with Gasteiger partial charge in [0.15, 0.2) is 0 Å². The molecule has 0 aromatic heterocycles. The minimum Gasteiger partial charge on any atom is -0.497 e. The van der Waals surface area contributed by atoms with Gasteiger partial charge in [0.05, 0.1) is 13.7 Å². The van der Waals surface area contributed by atoms with E-state index in [-0.39, 0.29) is 6.61 Å². The molecule has 1 unspecified atom stereocenters. The van der Waals surface area contributed by atoms with E-state index >= 15 is 0 Å². The Kier molecular flexibility index (Phi) is 6.10. The Morgan fingerprint density at radius 1 is 1.00 bits per heavy atom. The minimum atomic E-state index is 0.0272. The van der Waals surface area contributed by atoms with Gasteiger partial charge >= 0.3 is 0 Å². The van der Waals surface area contributed by atoms with Crippen molar-refractivity contribution in [2.75, 3.05) is 32.2 Å². The van der Waals surface area contributed by atoms with Gasteiger partial charge in [-0.15, -0.1) is 0 Å². The van der Waals surface area contributed by atoms with E-state index in [4.69, 9.17) is 14.6 Å². The molecule has 2 N–H and O–H groups in total. The van der Waals surface area contributed by atoms with Gasteiger partial charge in [0.25, 0.3) is 0 Å². The number of ether oxygens (including phenoxy) is 2. The van der Waals surface area contributed by atoms with Crippen molar-refractivity contribution >= 4 is 5.69 Å². The molecule has 0 heterocycles. The average molecular weight is 301 g/mol. The molecular formula is C18H23NO3. The molecule has 2 aromatic carbocycles. The molecule has 2 aromatic rings. The van der Waals surface area contributed by atoms with Crippen LogP contribution in [0.3, 0.4) is 0 Å². The summed E-state index contributed by atoms with van der Waals surface area (Å²) in [4.78, 5) is 0. The van der Waals surface area contributed by atoms with Crippen LogP contribution >= 0.6 is 0 Å². The van der Waals surface area contributed by atoms with E-state index < -0.39 is 0 Å². The van der Waals surface area contributed by atoms with Gasteiger partial charge in [-0.25, -0.2) is 0 Å². The molecule has 0 fully saturated rings. The Bertz CT molecular complexity index is 552. The second-order valence-electron chi connectivity index (χ2n) is 5.15. The monoisotopic (exact) mass is 301 g/mol. The van der Waals surface area contributed by atoms with E-state index in [0.717, 1.165) is 23.7 Å². The largest absolute Gasteiger partial charge is 0.497 e. The first-order chi connectivity index (χ1) is 10.7. The van der Waals surface area contributed by atoms with E-state index in [1.165, 1.54) is 5.56 Å². The fraction of sp³-hybridized carbons (Fsp3) is 0.333. The van der Waals surface area contributed by atoms with Crippen LogP contribution in [-0.4, -0.2) is 32.0 Å². The summed E-state index contributed by atoms with van der Waals surface area (Å²) in [5.74, 6) is 2.04. The topological polar surface area (TPSA) is 50.7 Å². The van der Waals surface area contributed by atoms with E-state index in [1.54, 1.807) is 7.11 Å². The molecular weight excluding hydrogens is 278 g/mol. The first-order valence-electron chi connectivity index (χ1n) is 7.44. The van der Waals surface area contributed by atoms with Crippen LogP contribution in [0.15, 0.2) is 48.5 Å². The summed E-state index contributed by atoms with van der Waals surface area (Å²) in [6.45, 7) is 3.39. The van der Waals surface area contributed by atoms with Crippen molar-refractivity contribution in [3.63, 3.8) is 0 Å². The third kappa shape index (κ3) is 4.67. The van der Waals surface area contributed by atoms with Gasteiger partial charge in [0.1, 0.15) is 18.1 Å². The van der Waals surface area contributed by atoms with Crippen molar-refractivity contribution in [2.24, 2.45) is 0 Å². The van der Waals surface area contributed by atoms with Gasteiger partial charge in [-0.2, -0.15) is 0 Å². The maximum Gasteiger partial charge on any atom is 0.119 e. The number of aliphatic hydroxyl groups excluding tert-OH is 1. The molecule has 4 heteroatoms. The zero-order chi connectivity index (χ0) is 15.8. The number of aliphatic hydroxyl groups is 1. The van der Waals surface area contributed by atoms with Crippen molar-refractivity contribution in [3.8, 4) is 11.5 Å². The lowest BCUT2D eigenvalue weighted by molar-refractivity contribution is 0.201. The summed E-state index contributed by atoms with van der Waals surface area (Å²) in [7, 11) is 1.67. The Morgan fingerprint density at radius 2 is 1.64 bits per heavy atom. The molecule has 1 atom stereocenters. The highest BCUT2D eigenvalue weighted by Gasteiger charge is 2.05. The Labute approximate surface area is 131 Å². The van der Waals surface area contributed by atoms with E-state index in [1.807, 2.05) is 36.4 Å². The van der Waals surface area contributed by atoms with Crippen LogP contribution in [-0.2, 0) is 0 Å². The summed E-state index contributed by atoms with van der Waals surface area (Å²) >= 11 is 0. The van der Waals surface area contributed by atoms with E-state index in [0.29, 0.717) is 12.5 Å². The lowest BCUT2D eigenvalue weighted by Gasteiger charge is -2.15. The molecule has 0 amide bonds. The number of hydrogen-bond acceptors (Lipinski definition) is 4. The number of methoxy groups -OCH3 is 1. The first-order valence-corrected chi connectivity index (χ1v) is 7.44. The number of benzene rings is 2. The molecule has 0 saturated carbocycles. The van der Waals surface area contributed by atoms with E-state index in [9.17, 15) is 0 Å². The van der Waals surface area contributed by atoms with Crippen LogP contribution in [0.5, 0.6) is 11.5 Å². The number of rotatable bonds is 8. The lowest BCUT2D eigenvalue weighted by Crippen LogP contribution is -2.09. The minimum absolute atomic E-state index is 0.0272. The summed E-state index contributed by atoms with van der Waals surface area (Å²) in [5, 5.41) is 12.1. The summed E-state index contributed by atoms with van der Waals surface area (Å²) in [5.41, 5.74) is 2.33. The molecule has 0 aliphatic heterocycles. The van der Waals surface area contributed by atoms with Gasteiger partial charge in [0, 0.05) is 12.2 Å². The molecule has 2 rings (SSSR count). The van der Waals surface area contributed by atoms with Gasteiger partial charge in [-0.3, -0.25) is 0 Å². The highest BCUT2D eigenvalue weighted by Crippen LogP contribution is 2.21. The second-order valence-corrected chi connectivity index (χ2v) is 5.15. The first kappa shape index (κ1) is 16.2. The Hall–Kier alpha value is -2.20. The molecule has 0 aliphatic carbocycles. The SMILES string of the molecule is COc1ccc(C(C)CNc2ccc(OCCO)cc2)cc1. The van der Waals surface area contributed by atoms with Crippen LogP contribution in [0.4, 0.5) is 5.69 Å². The summed E-state index contributed by atoms with van der Waals surface area (Å²) < 4.78 is 10.5. The zero-order valence-electron chi connectivity index (χ0n) is 13.1. The second kappa shape index (κ2) is 8.29. The third-order valence-corrected chi connectivity index (χ3v) is 3.51. The van der Waals surface area contributed by atoms with Gasteiger partial charge in [-0.1, -0.05) is 19.1 Å². The van der Waals surface area contributed by atoms with Crippen molar-refractivity contribution in [1.29, 1.82) is 0 Å². The molecule has 22 heavy (non-hydrogen) atoms. The number of anilines is 1. The predicted octanol–water partition coefficient (Wildman–Crippen LogP) is 3.28. The van der Waals surface area contributed by atoms with Gasteiger partial charge in [0.2, 0.25) is 0 Å². The fourth-order valence-electron chi connectivity index (χ4n) is 2.15. The molecule has 0 spiro atoms. The van der Waals surface area contributed by atoms with Crippen LogP contribution in [0, 0.1) is 0 Å². The van der Waals surface area contributed by atoms with Crippen LogP contribution < -0.4 is 14.8 Å². The molecule has 0 saturated heterocycles. The predicted molar refractivity (Wildman–Crippen MR) is 88.9 cm³/mol. The van der Waals surface area contributed by atoms with Crippen molar-refractivity contribution in [3.05, 3.63) is 54.1 Å². The molecule has 0 aliphatic rings. The van der Waals surface area contributed by atoms with Crippen molar-refractivity contribution in [2.45, 2.75) is 12.8 Å². The summed E-state index contributed by atoms with van der Waals surface area (Å²) in [6.07, 6.45) is 0. The lowest BCUT2D eigenvalue weighted by atomic mass is 10.0. The van der Waals surface area contributed by atoms with Crippen molar-refractivity contribution < 1.29 is 14.6 Å². The number of nitrogens with one attached hydrogen (secondary N) is 1. The quantitative estimate of drug-likeness (QED) is 0.785. The maximum atomic E-state index is 8.72. The maximum absolute atomic E-state index is 8.72. The smallest absolute Gasteiger partial charge is 0.119 e. The highest BCUT2D eigenvalue weighted by atomic mass is 16.5. The fourth-order valence-corrected chi connectivity index (χ4v) is 2.15. The molecule has 0 bridgehead atoms. The normalized spacial score (nSPS) is 11.8. The van der Waals surface area contributed by atoms with Crippen molar-refractivity contribution in [1.82, 2.24) is 0 Å². The third-order valence-electron chi connectivity index (χ3n) is 3.51. The van der Waals surface area contributed by atoms with Crippen LogP contribution in [0.1, 0.15) is 18.4 Å². The molecule has 0 radical (unpaired) electrons. The average Bonchev–Trinajstić information content (AvgIpc) is 2.58. The van der Waals surface area contributed by atoms with Gasteiger partial charge in [-0.05, 0) is 47.9 Å². The Morgan fingerprint density at radius 3 is 2.23 bits per heavy atom. The standard InChI is InChI=1S/C18H23NO3/c1-14(15-3-7-17(21-2)8-4-15)13-19-16-5-9-18(10-6-16)22-12-11-20/h3-10,14,19-20H,11-13H2,1-2H3. The summed E-state index contributed by atoms with van der Waals surface area (Å²) in [6, 6.07) is 15.9. The molecule has 118 valence electrons. The van der Waals surface area contributed by atoms with Crippen LogP contribution in [0.25, 0.3) is 0 Å². The van der Waals surface area contributed by atoms with Gasteiger partial charge < -0.3 is 19.9 Å². The van der Waals surface area contributed by atoms with Crippen LogP contribution in [0.2, 0.25) is 0 Å². The van der Waals surface area contributed by atoms with E-state index in [2.05, 4.69) is 24.4 Å². The number of hydrogen-bond donors (Lipinski definition) is 2.